The number of rotatable bonds is 0. The van der Waals surface area contributed by atoms with Crippen LogP contribution in [0.2, 0.25) is 0 Å². The van der Waals surface area contributed by atoms with E-state index in [9.17, 15) is 28.8 Å². The Balaban J connectivity index is 0.000000280. The van der Waals surface area contributed by atoms with E-state index in [1.165, 1.54) is 0 Å². The van der Waals surface area contributed by atoms with Crippen molar-refractivity contribution in [3.8, 4) is 0 Å². The minimum atomic E-state index is -0.495. The summed E-state index contributed by atoms with van der Waals surface area (Å²) in [4.78, 5) is 64.3. The SMILES string of the molecule is CC(C)(C)C1NC(=O)NC1=O.CC(C)(C)C1NC(=O)NC1=O.CC(C)(C)c1n[nH]c(=O)o1.CC(C)(C)c1n[nH]c(=O)o1. The molecule has 2 aromatic heterocycles. The lowest BCUT2D eigenvalue weighted by Gasteiger charge is -2.23. The van der Waals surface area contributed by atoms with Crippen LogP contribution in [0, 0.1) is 10.8 Å². The van der Waals surface area contributed by atoms with Crippen molar-refractivity contribution in [2.24, 2.45) is 10.8 Å². The third kappa shape index (κ3) is 11.3. The molecule has 2 unspecified atom stereocenters. The van der Waals surface area contributed by atoms with Gasteiger partial charge in [-0.1, -0.05) is 83.1 Å². The molecule has 0 spiro atoms. The highest BCUT2D eigenvalue weighted by Crippen LogP contribution is 2.22. The number of amides is 6. The van der Waals surface area contributed by atoms with Gasteiger partial charge in [0.25, 0.3) is 11.8 Å². The molecule has 0 bridgehead atoms. The number of carbonyl (C=O) groups excluding carboxylic acids is 4. The van der Waals surface area contributed by atoms with Crippen LogP contribution in [0.5, 0.6) is 0 Å². The summed E-state index contributed by atoms with van der Waals surface area (Å²) in [5, 5.41) is 21.2. The van der Waals surface area contributed by atoms with Crippen LogP contribution in [0.25, 0.3) is 0 Å². The number of aromatic amines is 2. The predicted molar refractivity (Wildman–Crippen MR) is 151 cm³/mol. The second-order valence-electron chi connectivity index (χ2n) is 13.9. The topological polar surface area (TPSA) is 234 Å². The fourth-order valence-corrected chi connectivity index (χ4v) is 3.15. The smallest absolute Gasteiger partial charge is 0.392 e. The molecule has 16 heteroatoms. The highest BCUT2D eigenvalue weighted by Gasteiger charge is 2.39. The first-order valence-corrected chi connectivity index (χ1v) is 13.2. The molecule has 2 aliphatic heterocycles. The first kappa shape index (κ1) is 35.8. The van der Waals surface area contributed by atoms with E-state index in [0.29, 0.717) is 11.8 Å². The van der Waals surface area contributed by atoms with Crippen LogP contribution < -0.4 is 32.8 Å². The Hall–Kier alpha value is -4.24. The largest absolute Gasteiger partial charge is 0.434 e. The summed E-state index contributed by atoms with van der Waals surface area (Å²) >= 11 is 0. The van der Waals surface area contributed by atoms with Gasteiger partial charge in [0.1, 0.15) is 12.1 Å². The van der Waals surface area contributed by atoms with Crippen LogP contribution in [0.15, 0.2) is 18.4 Å². The van der Waals surface area contributed by atoms with E-state index in [0.717, 1.165) is 0 Å². The zero-order valence-corrected chi connectivity index (χ0v) is 26.3. The normalized spacial score (nSPS) is 18.7. The summed E-state index contributed by atoms with van der Waals surface area (Å²) < 4.78 is 9.45. The number of hydrogen-bond donors (Lipinski definition) is 6. The number of aromatic nitrogens is 4. The highest BCUT2D eigenvalue weighted by atomic mass is 16.4. The van der Waals surface area contributed by atoms with Crippen LogP contribution in [0.1, 0.15) is 94.9 Å². The van der Waals surface area contributed by atoms with Gasteiger partial charge in [0.2, 0.25) is 11.8 Å². The first-order valence-electron chi connectivity index (χ1n) is 13.2. The maximum Gasteiger partial charge on any atom is 0.434 e. The second kappa shape index (κ2) is 13.2. The summed E-state index contributed by atoms with van der Waals surface area (Å²) in [6.45, 7) is 23.0. The van der Waals surface area contributed by atoms with E-state index in [4.69, 9.17) is 8.83 Å². The van der Waals surface area contributed by atoms with Crippen molar-refractivity contribution in [1.82, 2.24) is 41.7 Å². The summed E-state index contributed by atoms with van der Waals surface area (Å²) in [6.07, 6.45) is 0. The van der Waals surface area contributed by atoms with Gasteiger partial charge in [-0.3, -0.25) is 20.2 Å². The van der Waals surface area contributed by atoms with E-state index in [-0.39, 0.29) is 33.5 Å². The number of imide groups is 2. The molecule has 6 N–H and O–H groups in total. The number of nitrogens with one attached hydrogen (secondary N) is 6. The van der Waals surface area contributed by atoms with Crippen molar-refractivity contribution in [2.45, 2.75) is 106 Å². The van der Waals surface area contributed by atoms with Crippen molar-refractivity contribution < 1.29 is 28.0 Å². The van der Waals surface area contributed by atoms with Gasteiger partial charge in [-0.05, 0) is 10.8 Å². The van der Waals surface area contributed by atoms with Gasteiger partial charge in [-0.25, -0.2) is 29.4 Å². The fourth-order valence-electron chi connectivity index (χ4n) is 3.15. The first-order chi connectivity index (χ1) is 18.8. The molecular weight excluding hydrogens is 552 g/mol. The Labute approximate surface area is 243 Å². The van der Waals surface area contributed by atoms with Gasteiger partial charge in [0, 0.05) is 10.8 Å². The summed E-state index contributed by atoms with van der Waals surface area (Å²) in [5.41, 5.74) is -0.815. The van der Waals surface area contributed by atoms with Crippen LogP contribution in [0.3, 0.4) is 0 Å². The number of hydrogen-bond acceptors (Lipinski definition) is 10. The minimum absolute atomic E-state index is 0.195. The number of H-pyrrole nitrogens is 2. The van der Waals surface area contributed by atoms with Crippen molar-refractivity contribution >= 4 is 23.9 Å². The molecule has 4 rings (SSSR count). The van der Waals surface area contributed by atoms with Crippen molar-refractivity contribution in [3.05, 3.63) is 32.9 Å². The van der Waals surface area contributed by atoms with E-state index in [2.05, 4.69) is 41.7 Å². The van der Waals surface area contributed by atoms with Crippen LogP contribution >= 0.6 is 0 Å². The molecule has 0 saturated carbocycles. The summed E-state index contributed by atoms with van der Waals surface area (Å²) in [6, 6.07) is -1.57. The van der Waals surface area contributed by atoms with E-state index < -0.39 is 35.7 Å². The van der Waals surface area contributed by atoms with Gasteiger partial charge < -0.3 is 19.5 Å². The molecule has 236 valence electrons. The molecular formula is C26H44N8O8. The molecule has 2 aromatic rings. The van der Waals surface area contributed by atoms with E-state index in [1.54, 1.807) is 0 Å². The third-order valence-electron chi connectivity index (χ3n) is 5.44. The monoisotopic (exact) mass is 596 g/mol. The Morgan fingerprint density at radius 3 is 0.905 bits per heavy atom. The Bertz CT molecular complexity index is 1250. The fraction of sp³-hybridized carbons (Fsp3) is 0.692. The average Bonchev–Trinajstić information content (AvgIpc) is 3.56. The van der Waals surface area contributed by atoms with E-state index >= 15 is 0 Å². The molecule has 2 saturated heterocycles. The van der Waals surface area contributed by atoms with E-state index in [1.807, 2.05) is 83.1 Å². The lowest BCUT2D eigenvalue weighted by molar-refractivity contribution is -0.123. The lowest BCUT2D eigenvalue weighted by atomic mass is 9.87. The van der Waals surface area contributed by atoms with Crippen LogP contribution in [0.4, 0.5) is 9.59 Å². The Morgan fingerprint density at radius 2 is 0.810 bits per heavy atom. The highest BCUT2D eigenvalue weighted by molar-refractivity contribution is 6.05. The lowest BCUT2D eigenvalue weighted by Crippen LogP contribution is -2.41. The zero-order valence-electron chi connectivity index (χ0n) is 26.3. The maximum absolute atomic E-state index is 11.0. The standard InChI is InChI=1S/2C7H12N2O2.2C6H10N2O2/c2*1-7(2,3)4-5(10)9-6(11)8-4;2*1-6(2,3)4-7-8-5(9)10-4/h2*4H,1-3H3,(H2,8,9,10,11);2*1-3H3,(H,8,9). The molecule has 42 heavy (non-hydrogen) atoms. The number of carbonyl (C=O) groups is 4. The quantitative estimate of drug-likeness (QED) is 0.241. The predicted octanol–water partition coefficient (Wildman–Crippen LogP) is 1.80. The third-order valence-corrected chi connectivity index (χ3v) is 5.44. The van der Waals surface area contributed by atoms with Gasteiger partial charge in [-0.2, -0.15) is 0 Å². The van der Waals surface area contributed by atoms with Gasteiger partial charge >= 0.3 is 23.6 Å². The maximum atomic E-state index is 11.0. The Kier molecular flexibility index (Phi) is 11.2. The van der Waals surface area contributed by atoms with Gasteiger partial charge in [0.15, 0.2) is 0 Å². The average molecular weight is 597 g/mol. The molecule has 6 amide bonds. The number of nitrogens with zero attached hydrogens (tertiary/aromatic N) is 2. The molecule has 0 aromatic carbocycles. The molecule has 2 atom stereocenters. The van der Waals surface area contributed by atoms with Gasteiger partial charge in [-0.15, -0.1) is 10.2 Å². The Morgan fingerprint density at radius 1 is 0.524 bits per heavy atom. The van der Waals surface area contributed by atoms with Crippen LogP contribution in [-0.4, -0.2) is 56.4 Å². The molecule has 2 aliphatic rings. The summed E-state index contributed by atoms with van der Waals surface area (Å²) in [5.74, 6) is -0.574. The van der Waals surface area contributed by atoms with Crippen molar-refractivity contribution in [2.75, 3.05) is 0 Å². The molecule has 16 nitrogen and oxygen atoms in total. The molecule has 4 heterocycles. The van der Waals surface area contributed by atoms with Crippen LogP contribution in [-0.2, 0) is 20.4 Å². The zero-order chi connectivity index (χ0) is 32.8. The molecule has 2 fully saturated rings. The summed E-state index contributed by atoms with van der Waals surface area (Å²) in [7, 11) is 0. The molecule has 0 aliphatic carbocycles. The van der Waals surface area contributed by atoms with Crippen molar-refractivity contribution in [3.63, 3.8) is 0 Å². The minimum Gasteiger partial charge on any atom is -0.392 e. The molecule has 0 radical (unpaired) electrons. The number of urea groups is 2. The van der Waals surface area contributed by atoms with Gasteiger partial charge in [0.05, 0.1) is 0 Å². The second-order valence-corrected chi connectivity index (χ2v) is 13.9. The van der Waals surface area contributed by atoms with Crippen molar-refractivity contribution in [1.29, 1.82) is 0 Å².